The van der Waals surface area contributed by atoms with E-state index in [1.165, 1.54) is 26.2 Å². The zero-order valence-electron chi connectivity index (χ0n) is 16.9. The van der Waals surface area contributed by atoms with Gasteiger partial charge in [-0.15, -0.1) is 0 Å². The molecule has 0 fully saturated rings. The number of benzene rings is 1. The Balaban J connectivity index is 1.58. The number of rotatable bonds is 3. The van der Waals surface area contributed by atoms with Crippen LogP contribution in [-0.4, -0.2) is 46.5 Å². The number of fused-ring (bicyclic) bond motifs is 1. The average molecular weight is 443 g/mol. The molecule has 0 aliphatic carbocycles. The van der Waals surface area contributed by atoms with E-state index < -0.39 is 35.3 Å². The van der Waals surface area contributed by atoms with Crippen molar-refractivity contribution in [2.24, 2.45) is 0 Å². The fourth-order valence-corrected chi connectivity index (χ4v) is 3.31. The first kappa shape index (κ1) is 21.2. The predicted octanol–water partition coefficient (Wildman–Crippen LogP) is 2.42. The number of carbonyl (C=O) groups excluding carboxylic acids is 2. The summed E-state index contributed by atoms with van der Waals surface area (Å²) in [6, 6.07) is 3.19. The van der Waals surface area contributed by atoms with Gasteiger partial charge in [0.05, 0.1) is 11.9 Å². The number of pyridine rings is 1. The number of ether oxygens (including phenoxy) is 1. The van der Waals surface area contributed by atoms with Gasteiger partial charge in [0.15, 0.2) is 11.6 Å². The molecule has 1 aromatic carbocycles. The van der Waals surface area contributed by atoms with Crippen molar-refractivity contribution in [3.8, 4) is 17.0 Å². The Bertz CT molecular complexity index is 1210. The molecular weight excluding hydrogens is 427 g/mol. The van der Waals surface area contributed by atoms with Gasteiger partial charge < -0.3 is 10.1 Å². The quantitative estimate of drug-likeness (QED) is 0.668. The molecule has 164 valence electrons. The largest absolute Gasteiger partial charge is 0.487 e. The van der Waals surface area contributed by atoms with Gasteiger partial charge in [-0.2, -0.15) is 0 Å². The lowest BCUT2D eigenvalue weighted by Gasteiger charge is -2.19. The maximum atomic E-state index is 14.3. The maximum absolute atomic E-state index is 14.3. The van der Waals surface area contributed by atoms with E-state index in [1.807, 2.05) is 0 Å². The monoisotopic (exact) mass is 443 g/mol. The van der Waals surface area contributed by atoms with E-state index in [0.29, 0.717) is 5.56 Å². The molecule has 1 aliphatic heterocycles. The standard InChI is InChI=1S/C21H16F3N5O3/c1-10-5-11(22)6-13(24)17(10)14-3-4-25-18(27-14)20(30)28-15-9-32-16-7-12(23)8-26-19(16)29(2)21(15)31/h3-8,15H,9H2,1-2H3,(H,28,30)/t15-/m0/s1. The number of amides is 2. The number of likely N-dealkylation sites (N-methyl/N-ethyl adjacent to an activating group) is 1. The highest BCUT2D eigenvalue weighted by atomic mass is 19.1. The van der Waals surface area contributed by atoms with Gasteiger partial charge in [0.1, 0.15) is 30.1 Å². The molecule has 1 atom stereocenters. The lowest BCUT2D eigenvalue weighted by Crippen LogP contribution is -2.49. The minimum Gasteiger partial charge on any atom is -0.487 e. The van der Waals surface area contributed by atoms with Gasteiger partial charge >= 0.3 is 0 Å². The van der Waals surface area contributed by atoms with Crippen LogP contribution in [0.1, 0.15) is 16.2 Å². The Morgan fingerprint density at radius 3 is 2.72 bits per heavy atom. The van der Waals surface area contributed by atoms with Gasteiger partial charge in [-0.1, -0.05) is 0 Å². The summed E-state index contributed by atoms with van der Waals surface area (Å²) in [5.74, 6) is -3.74. The van der Waals surface area contributed by atoms with E-state index in [1.54, 1.807) is 0 Å². The first-order chi connectivity index (χ1) is 15.2. The SMILES string of the molecule is Cc1cc(F)cc(F)c1-c1ccnc(C(=O)N[C@H]2COc3cc(F)cnc3N(C)C2=O)n1. The molecule has 4 rings (SSSR count). The van der Waals surface area contributed by atoms with Gasteiger partial charge in [-0.05, 0) is 24.6 Å². The van der Waals surface area contributed by atoms with Gasteiger partial charge in [-0.3, -0.25) is 14.5 Å². The highest BCUT2D eigenvalue weighted by Crippen LogP contribution is 2.29. The number of carbonyl (C=O) groups is 2. The molecule has 0 radical (unpaired) electrons. The summed E-state index contributed by atoms with van der Waals surface area (Å²) in [6.07, 6.45) is 2.19. The summed E-state index contributed by atoms with van der Waals surface area (Å²) in [5, 5.41) is 2.47. The molecule has 2 aromatic heterocycles. The van der Waals surface area contributed by atoms with E-state index in [2.05, 4.69) is 20.3 Å². The molecular formula is C21H16F3N5O3. The maximum Gasteiger partial charge on any atom is 0.289 e. The van der Waals surface area contributed by atoms with Crippen LogP contribution in [0.2, 0.25) is 0 Å². The molecule has 1 aliphatic rings. The summed E-state index contributed by atoms with van der Waals surface area (Å²) in [4.78, 5) is 38.4. The molecule has 11 heteroatoms. The van der Waals surface area contributed by atoms with E-state index in [4.69, 9.17) is 4.74 Å². The van der Waals surface area contributed by atoms with E-state index in [9.17, 15) is 22.8 Å². The third kappa shape index (κ3) is 3.96. The third-order valence-electron chi connectivity index (χ3n) is 4.82. The third-order valence-corrected chi connectivity index (χ3v) is 4.82. The van der Waals surface area contributed by atoms with Crippen LogP contribution in [0.4, 0.5) is 19.0 Å². The first-order valence-electron chi connectivity index (χ1n) is 9.40. The number of aryl methyl sites for hydroxylation is 1. The van der Waals surface area contributed by atoms with Crippen LogP contribution >= 0.6 is 0 Å². The molecule has 3 heterocycles. The zero-order valence-corrected chi connectivity index (χ0v) is 16.9. The van der Waals surface area contributed by atoms with E-state index >= 15 is 0 Å². The number of nitrogens with one attached hydrogen (secondary N) is 1. The number of aromatic nitrogens is 3. The van der Waals surface area contributed by atoms with Crippen LogP contribution in [0.25, 0.3) is 11.3 Å². The minimum atomic E-state index is -1.14. The normalized spacial score (nSPS) is 15.6. The molecule has 0 saturated heterocycles. The van der Waals surface area contributed by atoms with Gasteiger partial charge in [0.25, 0.3) is 11.8 Å². The molecule has 1 N–H and O–H groups in total. The van der Waals surface area contributed by atoms with Crippen LogP contribution in [0.15, 0.2) is 36.7 Å². The number of anilines is 1. The predicted molar refractivity (Wildman–Crippen MR) is 106 cm³/mol. The Morgan fingerprint density at radius 2 is 1.97 bits per heavy atom. The summed E-state index contributed by atoms with van der Waals surface area (Å²) in [7, 11) is 1.41. The number of nitrogens with zero attached hydrogens (tertiary/aromatic N) is 4. The van der Waals surface area contributed by atoms with Gasteiger partial charge in [0, 0.05) is 30.9 Å². The van der Waals surface area contributed by atoms with Crippen molar-refractivity contribution in [3.05, 3.63) is 65.5 Å². The minimum absolute atomic E-state index is 0.0278. The first-order valence-corrected chi connectivity index (χ1v) is 9.40. The molecule has 2 amide bonds. The molecule has 3 aromatic rings. The molecule has 0 bridgehead atoms. The second-order valence-electron chi connectivity index (χ2n) is 7.05. The number of halogens is 3. The molecule has 0 unspecified atom stereocenters. The molecule has 0 spiro atoms. The smallest absolute Gasteiger partial charge is 0.289 e. The van der Waals surface area contributed by atoms with Crippen molar-refractivity contribution < 1.29 is 27.5 Å². The van der Waals surface area contributed by atoms with Crippen molar-refractivity contribution in [3.63, 3.8) is 0 Å². The summed E-state index contributed by atoms with van der Waals surface area (Å²) in [6.45, 7) is 1.23. The molecule has 32 heavy (non-hydrogen) atoms. The molecule has 0 saturated carbocycles. The van der Waals surface area contributed by atoms with Gasteiger partial charge in [-0.25, -0.2) is 28.1 Å². The van der Waals surface area contributed by atoms with E-state index in [-0.39, 0.29) is 35.3 Å². The topological polar surface area (TPSA) is 97.3 Å². The number of hydrogen-bond donors (Lipinski definition) is 1. The Hall–Kier alpha value is -4.02. The van der Waals surface area contributed by atoms with E-state index in [0.717, 1.165) is 29.3 Å². The Kier molecular flexibility index (Phi) is 5.47. The summed E-state index contributed by atoms with van der Waals surface area (Å²) < 4.78 is 46.6. The van der Waals surface area contributed by atoms with Crippen molar-refractivity contribution in [1.29, 1.82) is 0 Å². The summed E-state index contributed by atoms with van der Waals surface area (Å²) in [5.41, 5.74) is 0.395. The Morgan fingerprint density at radius 1 is 1.19 bits per heavy atom. The van der Waals surface area contributed by atoms with Crippen LogP contribution in [-0.2, 0) is 4.79 Å². The second kappa shape index (κ2) is 8.25. The van der Waals surface area contributed by atoms with Crippen LogP contribution in [0.5, 0.6) is 5.75 Å². The summed E-state index contributed by atoms with van der Waals surface area (Å²) >= 11 is 0. The van der Waals surface area contributed by atoms with Crippen molar-refractivity contribution in [2.45, 2.75) is 13.0 Å². The average Bonchev–Trinajstić information content (AvgIpc) is 2.85. The van der Waals surface area contributed by atoms with Crippen LogP contribution < -0.4 is 15.0 Å². The fraction of sp³-hybridized carbons (Fsp3) is 0.190. The highest BCUT2D eigenvalue weighted by molar-refractivity contribution is 6.01. The van der Waals surface area contributed by atoms with Crippen LogP contribution in [0.3, 0.4) is 0 Å². The van der Waals surface area contributed by atoms with Crippen molar-refractivity contribution in [2.75, 3.05) is 18.6 Å². The highest BCUT2D eigenvalue weighted by Gasteiger charge is 2.32. The molecule has 8 nitrogen and oxygen atoms in total. The number of hydrogen-bond acceptors (Lipinski definition) is 6. The van der Waals surface area contributed by atoms with Crippen LogP contribution in [0, 0.1) is 24.4 Å². The zero-order chi connectivity index (χ0) is 23.0. The lowest BCUT2D eigenvalue weighted by atomic mass is 10.0. The lowest BCUT2D eigenvalue weighted by molar-refractivity contribution is -0.120. The van der Waals surface area contributed by atoms with Crippen molar-refractivity contribution >= 4 is 17.6 Å². The van der Waals surface area contributed by atoms with Crippen molar-refractivity contribution in [1.82, 2.24) is 20.3 Å². The second-order valence-corrected chi connectivity index (χ2v) is 7.05. The van der Waals surface area contributed by atoms with Gasteiger partial charge in [0.2, 0.25) is 5.82 Å². The Labute approximate surface area is 180 Å². The fourth-order valence-electron chi connectivity index (χ4n) is 3.31.